The van der Waals surface area contributed by atoms with Crippen LogP contribution in [0.25, 0.3) is 0 Å². The number of imidazole rings is 1. The third kappa shape index (κ3) is 1.60. The summed E-state index contributed by atoms with van der Waals surface area (Å²) in [6, 6.07) is 2.57. The lowest BCUT2D eigenvalue weighted by atomic mass is 10.2. The molecule has 6 nitrogen and oxygen atoms in total. The monoisotopic (exact) mass is 220 g/mol. The molecule has 0 aliphatic rings. The van der Waals surface area contributed by atoms with Gasteiger partial charge in [-0.3, -0.25) is 4.79 Å². The number of aromatic carboxylic acids is 1. The zero-order valence-electron chi connectivity index (χ0n) is 8.38. The molecule has 2 rings (SSSR count). The maximum absolute atomic E-state index is 11.8. The largest absolute Gasteiger partial charge is 0.475 e. The van der Waals surface area contributed by atoms with Gasteiger partial charge in [-0.2, -0.15) is 0 Å². The molecule has 0 saturated carbocycles. The van der Waals surface area contributed by atoms with Crippen molar-refractivity contribution in [3.8, 4) is 0 Å². The highest BCUT2D eigenvalue weighted by Gasteiger charge is 2.18. The first-order valence-corrected chi connectivity index (χ1v) is 4.43. The van der Waals surface area contributed by atoms with Gasteiger partial charge in [0.25, 0.3) is 0 Å². The van der Waals surface area contributed by atoms with Gasteiger partial charge in [0.15, 0.2) is 5.76 Å². The molecule has 0 saturated heterocycles. The summed E-state index contributed by atoms with van der Waals surface area (Å²) in [5.74, 6) is -1.87. The molecule has 0 fully saturated rings. The Balaban J connectivity index is 2.35. The second-order valence-electron chi connectivity index (χ2n) is 3.19. The van der Waals surface area contributed by atoms with Crippen LogP contribution in [0.4, 0.5) is 0 Å². The predicted octanol–water partition coefficient (Wildman–Crippen LogP) is 0.942. The summed E-state index contributed by atoms with van der Waals surface area (Å²) >= 11 is 0. The maximum Gasteiger partial charge on any atom is 0.371 e. The molecule has 2 aromatic heterocycles. The lowest BCUT2D eigenvalue weighted by Gasteiger charge is -1.97. The minimum absolute atomic E-state index is 0.0130. The molecule has 0 bridgehead atoms. The lowest BCUT2D eigenvalue weighted by molar-refractivity contribution is 0.0660. The van der Waals surface area contributed by atoms with Crippen molar-refractivity contribution in [2.75, 3.05) is 0 Å². The van der Waals surface area contributed by atoms with Gasteiger partial charge in [-0.1, -0.05) is 0 Å². The number of carboxylic acids is 1. The van der Waals surface area contributed by atoms with Crippen LogP contribution in [0.3, 0.4) is 0 Å². The van der Waals surface area contributed by atoms with E-state index in [9.17, 15) is 9.59 Å². The van der Waals surface area contributed by atoms with Gasteiger partial charge in [0.2, 0.25) is 11.5 Å². The molecule has 0 aliphatic carbocycles. The van der Waals surface area contributed by atoms with Gasteiger partial charge in [-0.25, -0.2) is 9.78 Å². The van der Waals surface area contributed by atoms with Crippen LogP contribution < -0.4 is 0 Å². The number of aromatic nitrogens is 2. The zero-order valence-corrected chi connectivity index (χ0v) is 8.38. The van der Waals surface area contributed by atoms with Crippen LogP contribution in [0.15, 0.2) is 29.1 Å². The number of nitrogens with zero attached hydrogens (tertiary/aromatic N) is 2. The fraction of sp³-hybridized carbons (Fsp3) is 0.100. The summed E-state index contributed by atoms with van der Waals surface area (Å²) in [7, 11) is 1.67. The Kier molecular flexibility index (Phi) is 2.32. The van der Waals surface area contributed by atoms with E-state index in [1.807, 2.05) is 0 Å². The van der Waals surface area contributed by atoms with Crippen molar-refractivity contribution in [1.29, 1.82) is 0 Å². The Bertz CT molecular complexity index is 553. The normalized spacial score (nSPS) is 10.3. The van der Waals surface area contributed by atoms with Crippen molar-refractivity contribution < 1.29 is 19.1 Å². The van der Waals surface area contributed by atoms with Gasteiger partial charge in [0.05, 0.1) is 12.5 Å². The van der Waals surface area contributed by atoms with Crippen molar-refractivity contribution in [2.24, 2.45) is 7.05 Å². The van der Waals surface area contributed by atoms with E-state index in [1.165, 1.54) is 29.2 Å². The number of aryl methyl sites for hydroxylation is 1. The number of carboxylic acid groups (broad SMARTS) is 1. The minimum atomic E-state index is -1.20. The van der Waals surface area contributed by atoms with Gasteiger partial charge in [-0.05, 0) is 12.1 Å². The highest BCUT2D eigenvalue weighted by atomic mass is 16.4. The van der Waals surface area contributed by atoms with Gasteiger partial charge < -0.3 is 14.1 Å². The van der Waals surface area contributed by atoms with Crippen LogP contribution in [-0.4, -0.2) is 26.4 Å². The summed E-state index contributed by atoms with van der Waals surface area (Å²) in [5.41, 5.74) is 0.339. The first-order valence-electron chi connectivity index (χ1n) is 4.43. The van der Waals surface area contributed by atoms with Gasteiger partial charge in [0, 0.05) is 7.05 Å². The van der Waals surface area contributed by atoms with Crippen molar-refractivity contribution in [3.05, 3.63) is 41.9 Å². The number of carbonyl (C=O) groups is 2. The molecule has 0 radical (unpaired) electrons. The van der Waals surface area contributed by atoms with E-state index >= 15 is 0 Å². The molecule has 0 atom stereocenters. The third-order valence-electron chi connectivity index (χ3n) is 2.09. The second-order valence-corrected chi connectivity index (χ2v) is 3.19. The van der Waals surface area contributed by atoms with E-state index in [-0.39, 0.29) is 11.5 Å². The van der Waals surface area contributed by atoms with Crippen molar-refractivity contribution in [2.45, 2.75) is 0 Å². The molecule has 0 spiro atoms. The molecule has 0 aromatic carbocycles. The predicted molar refractivity (Wildman–Crippen MR) is 52.3 cm³/mol. The lowest BCUT2D eigenvalue weighted by Crippen LogP contribution is -2.05. The molecule has 0 unspecified atom stereocenters. The molecular weight excluding hydrogens is 212 g/mol. The maximum atomic E-state index is 11.8. The minimum Gasteiger partial charge on any atom is -0.475 e. The van der Waals surface area contributed by atoms with Crippen molar-refractivity contribution in [3.63, 3.8) is 0 Å². The highest BCUT2D eigenvalue weighted by Crippen LogP contribution is 2.12. The first kappa shape index (κ1) is 10.2. The number of hydrogen-bond donors (Lipinski definition) is 1. The molecule has 1 N–H and O–H groups in total. The molecule has 0 aliphatic heterocycles. The third-order valence-corrected chi connectivity index (χ3v) is 2.09. The van der Waals surface area contributed by atoms with E-state index in [0.29, 0.717) is 5.69 Å². The fourth-order valence-electron chi connectivity index (χ4n) is 1.28. The van der Waals surface area contributed by atoms with E-state index in [1.54, 1.807) is 7.05 Å². The van der Waals surface area contributed by atoms with Crippen LogP contribution in [-0.2, 0) is 7.05 Å². The Hall–Kier alpha value is -2.37. The zero-order chi connectivity index (χ0) is 11.7. The number of hydrogen-bond acceptors (Lipinski definition) is 4. The van der Waals surface area contributed by atoms with Gasteiger partial charge >= 0.3 is 5.97 Å². The SMILES string of the molecule is Cn1cncc1C(=O)c1ccc(C(=O)O)o1. The summed E-state index contributed by atoms with van der Waals surface area (Å²) in [6.07, 6.45) is 2.87. The van der Waals surface area contributed by atoms with E-state index in [4.69, 9.17) is 9.52 Å². The molecule has 82 valence electrons. The summed E-state index contributed by atoms with van der Waals surface area (Å²) < 4.78 is 6.43. The van der Waals surface area contributed by atoms with E-state index in [2.05, 4.69) is 4.98 Å². The van der Waals surface area contributed by atoms with E-state index in [0.717, 1.165) is 0 Å². The van der Waals surface area contributed by atoms with E-state index < -0.39 is 11.8 Å². The van der Waals surface area contributed by atoms with Crippen molar-refractivity contribution >= 4 is 11.8 Å². The standard InChI is InChI=1S/C10H8N2O4/c1-12-5-11-4-6(12)9(13)7-2-3-8(16-7)10(14)15/h2-5H,1H3,(H,14,15). The number of rotatable bonds is 3. The molecule has 0 amide bonds. The Morgan fingerprint density at radius 3 is 2.56 bits per heavy atom. The van der Waals surface area contributed by atoms with Crippen LogP contribution in [0.2, 0.25) is 0 Å². The summed E-state index contributed by atoms with van der Waals surface area (Å²) in [4.78, 5) is 26.2. The van der Waals surface area contributed by atoms with Crippen molar-refractivity contribution in [1.82, 2.24) is 9.55 Å². The Morgan fingerprint density at radius 1 is 1.38 bits per heavy atom. The first-order chi connectivity index (χ1) is 7.59. The average Bonchev–Trinajstić information content (AvgIpc) is 2.84. The molecule has 6 heteroatoms. The van der Waals surface area contributed by atoms with Crippen LogP contribution in [0.5, 0.6) is 0 Å². The van der Waals surface area contributed by atoms with Gasteiger partial charge in [-0.15, -0.1) is 0 Å². The highest BCUT2D eigenvalue weighted by molar-refractivity contribution is 6.06. The average molecular weight is 220 g/mol. The quantitative estimate of drug-likeness (QED) is 0.778. The van der Waals surface area contributed by atoms with Crippen LogP contribution in [0.1, 0.15) is 26.8 Å². The van der Waals surface area contributed by atoms with Crippen LogP contribution >= 0.6 is 0 Å². The number of ketones is 1. The number of carbonyl (C=O) groups excluding carboxylic acids is 1. The Labute approximate surface area is 90.1 Å². The second kappa shape index (κ2) is 3.65. The summed E-state index contributed by atoms with van der Waals surface area (Å²) in [6.45, 7) is 0. The molecular formula is C10H8N2O4. The smallest absolute Gasteiger partial charge is 0.371 e. The molecule has 2 heterocycles. The number of furan rings is 1. The molecule has 16 heavy (non-hydrogen) atoms. The fourth-order valence-corrected chi connectivity index (χ4v) is 1.28. The Morgan fingerprint density at radius 2 is 2.06 bits per heavy atom. The van der Waals surface area contributed by atoms with Gasteiger partial charge in [0.1, 0.15) is 5.69 Å². The topological polar surface area (TPSA) is 85.3 Å². The summed E-state index contributed by atoms with van der Waals surface area (Å²) in [5, 5.41) is 8.64. The molecule has 2 aromatic rings. The van der Waals surface area contributed by atoms with Crippen LogP contribution in [0, 0.1) is 0 Å².